The van der Waals surface area contributed by atoms with Crippen molar-refractivity contribution in [3.05, 3.63) is 131 Å². The van der Waals surface area contributed by atoms with E-state index in [0.717, 1.165) is 43.2 Å². The molecule has 4 aromatic carbocycles. The first-order chi connectivity index (χ1) is 26.5. The third-order valence-corrected chi connectivity index (χ3v) is 12.4. The molecule has 2 N–H and O–H groups in total. The van der Waals surface area contributed by atoms with E-state index < -0.39 is 20.0 Å². The van der Waals surface area contributed by atoms with Crippen LogP contribution in [0.1, 0.15) is 89.6 Å². The first-order valence-corrected chi connectivity index (χ1v) is 22.2. The quantitative estimate of drug-likeness (QED) is 0.0714. The van der Waals surface area contributed by atoms with Crippen LogP contribution in [0.25, 0.3) is 0 Å². The molecule has 0 bridgehead atoms. The lowest BCUT2D eigenvalue weighted by Crippen LogP contribution is -2.34. The van der Waals surface area contributed by atoms with Crippen LogP contribution in [0.15, 0.2) is 119 Å². The summed E-state index contributed by atoms with van der Waals surface area (Å²) in [6, 6.07) is 31.9. The van der Waals surface area contributed by atoms with Gasteiger partial charge in [-0.3, -0.25) is 9.59 Å². The maximum atomic E-state index is 13.4. The number of rotatable bonds is 24. The lowest BCUT2D eigenvalue weighted by Gasteiger charge is -2.24. The van der Waals surface area contributed by atoms with Gasteiger partial charge in [0.05, 0.1) is 9.79 Å². The largest absolute Gasteiger partial charge is 0.339 e. The zero-order chi connectivity index (χ0) is 39.5. The summed E-state index contributed by atoms with van der Waals surface area (Å²) in [4.78, 5) is 31.0. The first kappa shape index (κ1) is 43.4. The van der Waals surface area contributed by atoms with Crippen LogP contribution in [0.3, 0.4) is 0 Å². The molecule has 0 radical (unpaired) electrons. The number of sulfonamides is 2. The lowest BCUT2D eigenvalue weighted by atomic mass is 10.1. The molecular formula is C43H56N4O6S2. The standard InChI is InChI=1S/C43H56N4O6S2/c1-36-22-26-40(27-23-36)54(50,51)44-30-12-16-34-46(42(48)38-18-8-6-9-19-38)32-14-4-3-5-15-33-47(43(49)39-20-10-7-11-21-39)35-17-13-31-45-55(52,53)41-28-24-37(2)25-29-41/h6-11,18-29,44-45H,3-5,12-17,30-35H2,1-2H3. The highest BCUT2D eigenvalue weighted by Crippen LogP contribution is 2.15. The molecule has 0 atom stereocenters. The highest BCUT2D eigenvalue weighted by Gasteiger charge is 2.18. The van der Waals surface area contributed by atoms with Crippen molar-refractivity contribution in [2.75, 3.05) is 39.3 Å². The maximum absolute atomic E-state index is 13.4. The van der Waals surface area contributed by atoms with Gasteiger partial charge < -0.3 is 9.80 Å². The van der Waals surface area contributed by atoms with Gasteiger partial charge in [0.15, 0.2) is 0 Å². The molecule has 0 fully saturated rings. The Labute approximate surface area is 328 Å². The monoisotopic (exact) mass is 788 g/mol. The molecule has 55 heavy (non-hydrogen) atoms. The number of amides is 2. The Kier molecular flexibility index (Phi) is 17.6. The minimum atomic E-state index is -3.58. The van der Waals surface area contributed by atoms with Crippen LogP contribution in [0, 0.1) is 13.8 Å². The Morgan fingerprint density at radius 1 is 0.436 bits per heavy atom. The number of carbonyl (C=O) groups excluding carboxylic acids is 2. The van der Waals surface area contributed by atoms with Crippen LogP contribution in [0.4, 0.5) is 0 Å². The fraction of sp³-hybridized carbons (Fsp3) is 0.395. The van der Waals surface area contributed by atoms with E-state index in [2.05, 4.69) is 9.44 Å². The van der Waals surface area contributed by atoms with Crippen LogP contribution < -0.4 is 9.44 Å². The van der Waals surface area contributed by atoms with E-state index in [4.69, 9.17) is 0 Å². The topological polar surface area (TPSA) is 133 Å². The molecule has 0 saturated carbocycles. The molecule has 12 heteroatoms. The summed E-state index contributed by atoms with van der Waals surface area (Å²) in [5, 5.41) is 0. The van der Waals surface area contributed by atoms with Gasteiger partial charge in [-0.2, -0.15) is 0 Å². The van der Waals surface area contributed by atoms with Gasteiger partial charge in [-0.05, 0) is 101 Å². The Morgan fingerprint density at radius 2 is 0.745 bits per heavy atom. The molecule has 0 aliphatic heterocycles. The SMILES string of the molecule is Cc1ccc(S(=O)(=O)NCCCCN(CCCCCCCN(CCCCNS(=O)(=O)c2ccc(C)cc2)C(=O)c2ccccc2)C(=O)c2ccccc2)cc1. The number of hydrogen-bond acceptors (Lipinski definition) is 6. The molecule has 0 unspecified atom stereocenters. The molecule has 4 aromatic rings. The van der Waals surface area contributed by atoms with Gasteiger partial charge in [-0.25, -0.2) is 26.3 Å². The molecule has 0 spiro atoms. The third-order valence-electron chi connectivity index (χ3n) is 9.43. The van der Waals surface area contributed by atoms with Crippen molar-refractivity contribution in [3.8, 4) is 0 Å². The number of carbonyl (C=O) groups is 2. The zero-order valence-corrected chi connectivity index (χ0v) is 33.8. The average Bonchev–Trinajstić information content (AvgIpc) is 3.19. The lowest BCUT2D eigenvalue weighted by molar-refractivity contribution is 0.0745. The molecule has 0 heterocycles. The predicted octanol–water partition coefficient (Wildman–Crippen LogP) is 7.36. The molecule has 4 rings (SSSR count). The van der Waals surface area contributed by atoms with Crippen molar-refractivity contribution in [1.82, 2.24) is 19.2 Å². The fourth-order valence-electron chi connectivity index (χ4n) is 6.16. The highest BCUT2D eigenvalue weighted by molar-refractivity contribution is 7.89. The van der Waals surface area contributed by atoms with E-state index in [1.165, 1.54) is 0 Å². The summed E-state index contributed by atoms with van der Waals surface area (Å²) in [6.07, 6.45) is 7.04. The minimum absolute atomic E-state index is 0.0288. The van der Waals surface area contributed by atoms with Gasteiger partial charge >= 0.3 is 0 Å². The van der Waals surface area contributed by atoms with Gasteiger partial charge in [0, 0.05) is 50.4 Å². The molecule has 296 valence electrons. The van der Waals surface area contributed by atoms with Crippen LogP contribution in [0.2, 0.25) is 0 Å². The second-order valence-electron chi connectivity index (χ2n) is 13.9. The van der Waals surface area contributed by atoms with Crippen molar-refractivity contribution in [1.29, 1.82) is 0 Å². The van der Waals surface area contributed by atoms with Gasteiger partial charge in [-0.15, -0.1) is 0 Å². The number of unbranched alkanes of at least 4 members (excludes halogenated alkanes) is 6. The summed E-state index contributed by atoms with van der Waals surface area (Å²) in [5.74, 6) is -0.0577. The number of nitrogens with zero attached hydrogens (tertiary/aromatic N) is 2. The molecule has 0 saturated heterocycles. The average molecular weight is 789 g/mol. The van der Waals surface area contributed by atoms with Crippen LogP contribution in [0.5, 0.6) is 0 Å². The minimum Gasteiger partial charge on any atom is -0.339 e. The summed E-state index contributed by atoms with van der Waals surface area (Å²) >= 11 is 0. The first-order valence-electron chi connectivity index (χ1n) is 19.3. The molecule has 0 aliphatic rings. The van der Waals surface area contributed by atoms with Crippen LogP contribution >= 0.6 is 0 Å². The second kappa shape index (κ2) is 22.3. The Morgan fingerprint density at radius 3 is 1.09 bits per heavy atom. The Bertz CT molecular complexity index is 1830. The van der Waals surface area contributed by atoms with Crippen LogP contribution in [-0.4, -0.2) is 77.7 Å². The summed E-state index contributed by atoms with van der Waals surface area (Å²) in [7, 11) is -7.17. The Hall–Kier alpha value is -4.36. The van der Waals surface area contributed by atoms with E-state index in [9.17, 15) is 26.4 Å². The van der Waals surface area contributed by atoms with Gasteiger partial charge in [0.25, 0.3) is 11.8 Å². The van der Waals surface area contributed by atoms with E-state index in [1.807, 2.05) is 84.3 Å². The smallest absolute Gasteiger partial charge is 0.253 e. The molecule has 10 nitrogen and oxygen atoms in total. The molecular weight excluding hydrogens is 733 g/mol. The van der Waals surface area contributed by atoms with Crippen molar-refractivity contribution in [2.45, 2.75) is 81.4 Å². The van der Waals surface area contributed by atoms with Crippen LogP contribution in [-0.2, 0) is 20.0 Å². The number of benzene rings is 4. The van der Waals surface area contributed by atoms with E-state index >= 15 is 0 Å². The van der Waals surface area contributed by atoms with Gasteiger partial charge in [-0.1, -0.05) is 91.1 Å². The van der Waals surface area contributed by atoms with Crippen molar-refractivity contribution in [3.63, 3.8) is 0 Å². The number of nitrogens with one attached hydrogen (secondary N) is 2. The van der Waals surface area contributed by atoms with E-state index in [1.54, 1.807) is 48.5 Å². The summed E-state index contributed by atoms with van der Waals surface area (Å²) in [5.41, 5.74) is 3.25. The normalized spacial score (nSPS) is 11.7. The van der Waals surface area contributed by atoms with Crippen molar-refractivity contribution in [2.24, 2.45) is 0 Å². The fourth-order valence-corrected chi connectivity index (χ4v) is 8.31. The van der Waals surface area contributed by atoms with E-state index in [-0.39, 0.29) is 21.6 Å². The summed E-state index contributed by atoms with van der Waals surface area (Å²) in [6.45, 7) is 6.68. The third kappa shape index (κ3) is 14.7. The van der Waals surface area contributed by atoms with Crippen molar-refractivity contribution < 1.29 is 26.4 Å². The predicted molar refractivity (Wildman–Crippen MR) is 219 cm³/mol. The highest BCUT2D eigenvalue weighted by atomic mass is 32.2. The van der Waals surface area contributed by atoms with E-state index in [0.29, 0.717) is 76.1 Å². The Balaban J connectivity index is 1.20. The summed E-state index contributed by atoms with van der Waals surface area (Å²) < 4.78 is 56.0. The van der Waals surface area contributed by atoms with Gasteiger partial charge in [0.1, 0.15) is 0 Å². The molecule has 0 aromatic heterocycles. The maximum Gasteiger partial charge on any atom is 0.253 e. The number of aryl methyl sites for hydroxylation is 2. The van der Waals surface area contributed by atoms with Gasteiger partial charge in [0.2, 0.25) is 20.0 Å². The van der Waals surface area contributed by atoms with Crippen molar-refractivity contribution >= 4 is 31.9 Å². The molecule has 2 amide bonds. The zero-order valence-electron chi connectivity index (χ0n) is 32.2. The second-order valence-corrected chi connectivity index (χ2v) is 17.5. The molecule has 0 aliphatic carbocycles. The number of hydrogen-bond donors (Lipinski definition) is 2.